The highest BCUT2D eigenvalue weighted by atomic mass is 19.2. The van der Waals surface area contributed by atoms with Crippen LogP contribution in [0.3, 0.4) is 0 Å². The molecule has 0 atom stereocenters. The van der Waals surface area contributed by atoms with Crippen molar-refractivity contribution in [1.29, 1.82) is 0 Å². The van der Waals surface area contributed by atoms with E-state index in [2.05, 4.69) is 20.6 Å². The molecule has 1 heterocycles. The van der Waals surface area contributed by atoms with E-state index in [0.717, 1.165) is 5.69 Å². The summed E-state index contributed by atoms with van der Waals surface area (Å²) in [6, 6.07) is 0.161. The highest BCUT2D eigenvalue weighted by molar-refractivity contribution is 5.79. The van der Waals surface area contributed by atoms with E-state index < -0.39 is 35.4 Å². The van der Waals surface area contributed by atoms with Crippen molar-refractivity contribution < 1.29 is 22.0 Å². The molecule has 5 nitrogen and oxygen atoms in total. The number of benzene rings is 1. The Morgan fingerprint density at radius 2 is 1.67 bits per heavy atom. The molecule has 24 heavy (non-hydrogen) atoms. The Hall–Kier alpha value is -2.58. The third-order valence-corrected chi connectivity index (χ3v) is 3.34. The average Bonchev–Trinajstić information content (AvgIpc) is 2.86. The number of aromatic nitrogens is 1. The molecular weight excluding hydrogens is 328 g/mol. The summed E-state index contributed by atoms with van der Waals surface area (Å²) >= 11 is 0. The second-order valence-corrected chi connectivity index (χ2v) is 4.98. The van der Waals surface area contributed by atoms with Crippen molar-refractivity contribution in [1.82, 2.24) is 15.6 Å². The fourth-order valence-electron chi connectivity index (χ4n) is 1.94. The summed E-state index contributed by atoms with van der Waals surface area (Å²) < 4.78 is 58.9. The Morgan fingerprint density at radius 3 is 2.17 bits per heavy atom. The fourth-order valence-corrected chi connectivity index (χ4v) is 1.94. The van der Waals surface area contributed by atoms with Crippen LogP contribution in [0.1, 0.15) is 22.9 Å². The maximum atomic E-state index is 13.6. The van der Waals surface area contributed by atoms with E-state index in [1.54, 1.807) is 13.8 Å². The molecule has 1 aromatic heterocycles. The number of aryl methyl sites for hydroxylation is 2. The van der Waals surface area contributed by atoms with Crippen molar-refractivity contribution in [3.05, 3.63) is 52.2 Å². The lowest BCUT2D eigenvalue weighted by Gasteiger charge is -2.12. The molecule has 0 amide bonds. The van der Waals surface area contributed by atoms with Crippen LogP contribution in [-0.4, -0.2) is 18.0 Å². The van der Waals surface area contributed by atoms with Crippen LogP contribution in [0.25, 0.3) is 0 Å². The van der Waals surface area contributed by atoms with E-state index in [4.69, 9.17) is 4.42 Å². The maximum absolute atomic E-state index is 13.6. The van der Waals surface area contributed by atoms with Crippen LogP contribution >= 0.6 is 0 Å². The van der Waals surface area contributed by atoms with Gasteiger partial charge >= 0.3 is 0 Å². The zero-order valence-corrected chi connectivity index (χ0v) is 13.3. The zero-order chi connectivity index (χ0) is 17.9. The van der Waals surface area contributed by atoms with Gasteiger partial charge < -0.3 is 15.1 Å². The molecule has 2 N–H and O–H groups in total. The first-order chi connectivity index (χ1) is 11.3. The fraction of sp³-hybridized carbons (Fsp3) is 0.333. The smallest absolute Gasteiger partial charge is 0.214 e. The van der Waals surface area contributed by atoms with Gasteiger partial charge in [0, 0.05) is 25.2 Å². The van der Waals surface area contributed by atoms with E-state index in [1.807, 2.05) is 0 Å². The number of guanidine groups is 1. The van der Waals surface area contributed by atoms with Crippen LogP contribution < -0.4 is 10.6 Å². The Labute approximate surface area is 135 Å². The normalized spacial score (nSPS) is 11.7. The minimum absolute atomic E-state index is 0.159. The molecule has 130 valence electrons. The van der Waals surface area contributed by atoms with Gasteiger partial charge in [0.05, 0.1) is 12.2 Å². The van der Waals surface area contributed by atoms with Gasteiger partial charge in [-0.05, 0) is 13.8 Å². The first-order valence-electron chi connectivity index (χ1n) is 7.02. The van der Waals surface area contributed by atoms with Gasteiger partial charge in [0.1, 0.15) is 5.76 Å². The van der Waals surface area contributed by atoms with E-state index >= 15 is 0 Å². The first-order valence-corrected chi connectivity index (χ1v) is 7.02. The average molecular weight is 344 g/mol. The van der Waals surface area contributed by atoms with E-state index in [9.17, 15) is 17.6 Å². The first kappa shape index (κ1) is 17.8. The highest BCUT2D eigenvalue weighted by Gasteiger charge is 2.19. The van der Waals surface area contributed by atoms with Gasteiger partial charge in [0.15, 0.2) is 29.2 Å². The van der Waals surface area contributed by atoms with Gasteiger partial charge in [-0.2, -0.15) is 0 Å². The molecule has 0 aliphatic carbocycles. The standard InChI is InChI=1S/C15H16F4N4O/c1-7-8(2)24-12(23-7)6-22-15(20-3)21-5-9-13(18)10(16)4-11(17)14(9)19/h4H,5-6H2,1-3H3,(H2,20,21,22). The van der Waals surface area contributed by atoms with Crippen LogP contribution in [0.2, 0.25) is 0 Å². The molecule has 2 rings (SSSR count). The lowest BCUT2D eigenvalue weighted by atomic mass is 10.2. The molecule has 0 aliphatic heterocycles. The predicted octanol–water partition coefficient (Wildman–Crippen LogP) is 2.71. The van der Waals surface area contributed by atoms with Gasteiger partial charge in [0.25, 0.3) is 0 Å². The van der Waals surface area contributed by atoms with Crippen LogP contribution in [0, 0.1) is 37.1 Å². The number of nitrogens with zero attached hydrogens (tertiary/aromatic N) is 2. The Morgan fingerprint density at radius 1 is 1.08 bits per heavy atom. The van der Waals surface area contributed by atoms with Crippen molar-refractivity contribution >= 4 is 5.96 Å². The molecule has 0 bridgehead atoms. The maximum Gasteiger partial charge on any atom is 0.214 e. The molecule has 0 saturated heterocycles. The summed E-state index contributed by atoms with van der Waals surface area (Å²) in [7, 11) is 1.43. The molecule has 0 unspecified atom stereocenters. The van der Waals surface area contributed by atoms with E-state index in [0.29, 0.717) is 11.7 Å². The summed E-state index contributed by atoms with van der Waals surface area (Å²) in [5.41, 5.74) is -0.00705. The Balaban J connectivity index is 2.02. The minimum Gasteiger partial charge on any atom is -0.444 e. The van der Waals surface area contributed by atoms with Crippen LogP contribution in [-0.2, 0) is 13.1 Å². The van der Waals surface area contributed by atoms with Gasteiger partial charge in [0.2, 0.25) is 5.89 Å². The van der Waals surface area contributed by atoms with E-state index in [-0.39, 0.29) is 18.6 Å². The molecule has 0 saturated carbocycles. The molecule has 0 spiro atoms. The number of hydrogen-bond acceptors (Lipinski definition) is 3. The third-order valence-electron chi connectivity index (χ3n) is 3.34. The number of halogens is 4. The molecular formula is C15H16F4N4O. The number of aliphatic imine (C=N–C) groups is 1. The SMILES string of the molecule is CN=C(NCc1nc(C)c(C)o1)NCc1c(F)c(F)cc(F)c1F. The lowest BCUT2D eigenvalue weighted by Crippen LogP contribution is -2.37. The van der Waals surface area contributed by atoms with Crippen LogP contribution in [0.4, 0.5) is 17.6 Å². The monoisotopic (exact) mass is 344 g/mol. The molecule has 0 aliphatic rings. The second kappa shape index (κ2) is 7.33. The topological polar surface area (TPSA) is 62.5 Å². The zero-order valence-electron chi connectivity index (χ0n) is 13.3. The largest absolute Gasteiger partial charge is 0.444 e. The second-order valence-electron chi connectivity index (χ2n) is 4.98. The summed E-state index contributed by atoms with van der Waals surface area (Å²) in [5, 5.41) is 5.38. The van der Waals surface area contributed by atoms with E-state index in [1.165, 1.54) is 7.05 Å². The summed E-state index contributed by atoms with van der Waals surface area (Å²) in [4.78, 5) is 8.00. The van der Waals surface area contributed by atoms with Crippen molar-refractivity contribution in [3.63, 3.8) is 0 Å². The molecule has 0 fully saturated rings. The summed E-state index contributed by atoms with van der Waals surface area (Å²) in [6.07, 6.45) is 0. The molecule has 0 radical (unpaired) electrons. The van der Waals surface area contributed by atoms with Crippen molar-refractivity contribution in [2.24, 2.45) is 4.99 Å². The van der Waals surface area contributed by atoms with Gasteiger partial charge in [-0.15, -0.1) is 0 Å². The number of oxazole rings is 1. The summed E-state index contributed by atoms with van der Waals surface area (Å²) in [6.45, 7) is 3.24. The Kier molecular flexibility index (Phi) is 5.42. The van der Waals surface area contributed by atoms with Gasteiger partial charge in [-0.1, -0.05) is 0 Å². The molecule has 2 aromatic rings. The molecule has 1 aromatic carbocycles. The summed E-state index contributed by atoms with van der Waals surface area (Å²) in [5.74, 6) is -4.58. The quantitative estimate of drug-likeness (QED) is 0.387. The Bertz CT molecular complexity index is 728. The van der Waals surface area contributed by atoms with Crippen molar-refractivity contribution in [2.75, 3.05) is 7.05 Å². The highest BCUT2D eigenvalue weighted by Crippen LogP contribution is 2.19. The number of nitrogens with one attached hydrogen (secondary N) is 2. The van der Waals surface area contributed by atoms with Crippen molar-refractivity contribution in [2.45, 2.75) is 26.9 Å². The number of hydrogen-bond donors (Lipinski definition) is 2. The van der Waals surface area contributed by atoms with Gasteiger partial charge in [-0.3, -0.25) is 4.99 Å². The minimum atomic E-state index is -1.46. The lowest BCUT2D eigenvalue weighted by molar-refractivity contribution is 0.436. The van der Waals surface area contributed by atoms with Crippen molar-refractivity contribution in [3.8, 4) is 0 Å². The predicted molar refractivity (Wildman–Crippen MR) is 79.3 cm³/mol. The molecule has 9 heteroatoms. The van der Waals surface area contributed by atoms with Crippen LogP contribution in [0.15, 0.2) is 15.5 Å². The number of rotatable bonds is 4. The van der Waals surface area contributed by atoms with Gasteiger partial charge in [-0.25, -0.2) is 22.5 Å². The van der Waals surface area contributed by atoms with Crippen LogP contribution in [0.5, 0.6) is 0 Å². The third kappa shape index (κ3) is 3.84.